The van der Waals surface area contributed by atoms with Gasteiger partial charge in [-0.1, -0.05) is 67.6 Å². The van der Waals surface area contributed by atoms with E-state index in [1.54, 1.807) is 6.92 Å². The van der Waals surface area contributed by atoms with Crippen molar-refractivity contribution < 1.29 is 19.1 Å². The standard InChI is InChI=1S/C29H39NO4/c1-3-27(28(31)33-4-2)29(32)34-22-26-17-15-25(16-18-26)21-30(19-23-11-7-5-8-12-23)20-24-13-9-6-10-14-24/h5-14,25-27H,3-4,15-22H2,1-2H3. The van der Waals surface area contributed by atoms with Crippen LogP contribution in [0, 0.1) is 17.8 Å². The summed E-state index contributed by atoms with van der Waals surface area (Å²) in [7, 11) is 0. The van der Waals surface area contributed by atoms with Crippen molar-refractivity contribution in [1.82, 2.24) is 4.90 Å². The van der Waals surface area contributed by atoms with E-state index in [0.717, 1.165) is 45.3 Å². The van der Waals surface area contributed by atoms with Crippen LogP contribution in [0.25, 0.3) is 0 Å². The van der Waals surface area contributed by atoms with Gasteiger partial charge in [-0.2, -0.15) is 0 Å². The fraction of sp³-hybridized carbons (Fsp3) is 0.517. The molecule has 1 aliphatic rings. The number of rotatable bonds is 12. The van der Waals surface area contributed by atoms with Gasteiger partial charge in [0.2, 0.25) is 0 Å². The first kappa shape index (κ1) is 26.0. The Morgan fingerprint density at radius 2 is 1.29 bits per heavy atom. The van der Waals surface area contributed by atoms with Crippen LogP contribution >= 0.6 is 0 Å². The van der Waals surface area contributed by atoms with Crippen LogP contribution in [-0.4, -0.2) is 36.6 Å². The molecule has 0 heterocycles. The summed E-state index contributed by atoms with van der Waals surface area (Å²) in [6.45, 7) is 7.19. The zero-order valence-electron chi connectivity index (χ0n) is 20.7. The Kier molecular flexibility index (Phi) is 10.6. The fourth-order valence-corrected chi connectivity index (χ4v) is 4.79. The number of ether oxygens (including phenoxy) is 2. The molecule has 184 valence electrons. The van der Waals surface area contributed by atoms with Gasteiger partial charge in [0.1, 0.15) is 0 Å². The Balaban J connectivity index is 1.48. The van der Waals surface area contributed by atoms with E-state index < -0.39 is 17.9 Å². The van der Waals surface area contributed by atoms with Gasteiger partial charge in [0.05, 0.1) is 13.2 Å². The summed E-state index contributed by atoms with van der Waals surface area (Å²) in [6, 6.07) is 21.3. The Morgan fingerprint density at radius 1 is 0.794 bits per heavy atom. The van der Waals surface area contributed by atoms with Crippen molar-refractivity contribution in [1.29, 1.82) is 0 Å². The molecule has 2 aromatic carbocycles. The maximum Gasteiger partial charge on any atom is 0.320 e. The van der Waals surface area contributed by atoms with E-state index in [2.05, 4.69) is 65.6 Å². The fourth-order valence-electron chi connectivity index (χ4n) is 4.79. The van der Waals surface area contributed by atoms with Gasteiger partial charge in [-0.15, -0.1) is 0 Å². The quantitative estimate of drug-likeness (QED) is 0.300. The van der Waals surface area contributed by atoms with Crippen LogP contribution in [0.2, 0.25) is 0 Å². The highest BCUT2D eigenvalue weighted by Gasteiger charge is 2.29. The number of carbonyl (C=O) groups is 2. The van der Waals surface area contributed by atoms with Crippen molar-refractivity contribution in [2.45, 2.75) is 59.0 Å². The Labute approximate surface area is 204 Å². The van der Waals surface area contributed by atoms with E-state index in [1.165, 1.54) is 11.1 Å². The first-order valence-electron chi connectivity index (χ1n) is 12.7. The van der Waals surface area contributed by atoms with Crippen molar-refractivity contribution in [3.63, 3.8) is 0 Å². The number of nitrogens with zero attached hydrogens (tertiary/aromatic N) is 1. The Hall–Kier alpha value is -2.66. The van der Waals surface area contributed by atoms with Crippen molar-refractivity contribution in [3.8, 4) is 0 Å². The van der Waals surface area contributed by atoms with Gasteiger partial charge >= 0.3 is 11.9 Å². The van der Waals surface area contributed by atoms with Gasteiger partial charge in [-0.3, -0.25) is 14.5 Å². The van der Waals surface area contributed by atoms with Gasteiger partial charge in [0.25, 0.3) is 0 Å². The zero-order valence-corrected chi connectivity index (χ0v) is 20.7. The maximum absolute atomic E-state index is 12.4. The van der Waals surface area contributed by atoms with Crippen molar-refractivity contribution >= 4 is 11.9 Å². The first-order chi connectivity index (χ1) is 16.6. The maximum atomic E-state index is 12.4. The third kappa shape index (κ3) is 8.28. The van der Waals surface area contributed by atoms with E-state index in [9.17, 15) is 9.59 Å². The zero-order chi connectivity index (χ0) is 24.2. The largest absolute Gasteiger partial charge is 0.465 e. The molecular weight excluding hydrogens is 426 g/mol. The van der Waals surface area contributed by atoms with E-state index in [-0.39, 0.29) is 6.61 Å². The minimum Gasteiger partial charge on any atom is -0.465 e. The molecule has 5 nitrogen and oxygen atoms in total. The molecule has 0 bridgehead atoms. The van der Waals surface area contributed by atoms with Crippen LogP contribution in [0.1, 0.15) is 57.1 Å². The first-order valence-corrected chi connectivity index (χ1v) is 12.7. The lowest BCUT2D eigenvalue weighted by molar-refractivity contribution is -0.163. The summed E-state index contributed by atoms with van der Waals surface area (Å²) < 4.78 is 10.5. The monoisotopic (exact) mass is 465 g/mol. The number of benzene rings is 2. The van der Waals surface area contributed by atoms with Crippen LogP contribution < -0.4 is 0 Å². The van der Waals surface area contributed by atoms with E-state index >= 15 is 0 Å². The predicted octanol–water partition coefficient (Wildman–Crippen LogP) is 5.63. The van der Waals surface area contributed by atoms with Crippen molar-refractivity contribution in [2.24, 2.45) is 17.8 Å². The molecule has 0 amide bonds. The van der Waals surface area contributed by atoms with Crippen LogP contribution in [0.15, 0.2) is 60.7 Å². The molecule has 0 N–H and O–H groups in total. The number of hydrogen-bond donors (Lipinski definition) is 0. The third-order valence-electron chi connectivity index (χ3n) is 6.71. The summed E-state index contributed by atoms with van der Waals surface area (Å²) in [4.78, 5) is 26.9. The minimum atomic E-state index is -0.805. The second-order valence-electron chi connectivity index (χ2n) is 9.37. The molecule has 2 aromatic rings. The molecule has 0 radical (unpaired) electrons. The van der Waals surface area contributed by atoms with Gasteiger partial charge in [-0.25, -0.2) is 0 Å². The second-order valence-corrected chi connectivity index (χ2v) is 9.37. The summed E-state index contributed by atoms with van der Waals surface area (Å²) in [5.74, 6) is -0.713. The minimum absolute atomic E-state index is 0.276. The molecule has 34 heavy (non-hydrogen) atoms. The van der Waals surface area contributed by atoms with Gasteiger partial charge in [0.15, 0.2) is 5.92 Å². The Morgan fingerprint density at radius 3 is 1.79 bits per heavy atom. The summed E-state index contributed by atoms with van der Waals surface area (Å²) in [6.07, 6.45) is 4.79. The number of carbonyl (C=O) groups excluding carboxylic acids is 2. The molecule has 0 aliphatic heterocycles. The predicted molar refractivity (Wildman–Crippen MR) is 134 cm³/mol. The molecule has 1 atom stereocenters. The summed E-state index contributed by atoms with van der Waals surface area (Å²) >= 11 is 0. The molecule has 0 aromatic heterocycles. The highest BCUT2D eigenvalue weighted by atomic mass is 16.6. The molecule has 0 saturated heterocycles. The summed E-state index contributed by atoms with van der Waals surface area (Å²) in [5, 5.41) is 0. The molecule has 1 unspecified atom stereocenters. The lowest BCUT2D eigenvalue weighted by atomic mass is 9.82. The SMILES string of the molecule is CCOC(=O)C(CC)C(=O)OCC1CCC(CN(Cc2ccccc2)Cc2ccccc2)CC1. The third-order valence-corrected chi connectivity index (χ3v) is 6.71. The van der Waals surface area contributed by atoms with Crippen LogP contribution in [0.4, 0.5) is 0 Å². The van der Waals surface area contributed by atoms with Crippen LogP contribution in [0.3, 0.4) is 0 Å². The van der Waals surface area contributed by atoms with Gasteiger partial charge in [0, 0.05) is 19.6 Å². The highest BCUT2D eigenvalue weighted by Crippen LogP contribution is 2.30. The Bertz CT molecular complexity index is 821. The highest BCUT2D eigenvalue weighted by molar-refractivity contribution is 5.94. The molecule has 1 fully saturated rings. The second kappa shape index (κ2) is 13.9. The summed E-state index contributed by atoms with van der Waals surface area (Å²) in [5.41, 5.74) is 2.68. The topological polar surface area (TPSA) is 55.8 Å². The van der Waals surface area contributed by atoms with E-state index in [0.29, 0.717) is 24.9 Å². The lowest BCUT2D eigenvalue weighted by Gasteiger charge is -2.33. The van der Waals surface area contributed by atoms with Crippen molar-refractivity contribution in [3.05, 3.63) is 71.8 Å². The lowest BCUT2D eigenvalue weighted by Crippen LogP contribution is -2.32. The molecule has 1 saturated carbocycles. The molecular formula is C29H39NO4. The average Bonchev–Trinajstić information content (AvgIpc) is 2.85. The molecule has 0 spiro atoms. The molecule has 3 rings (SSSR count). The van der Waals surface area contributed by atoms with E-state index in [1.807, 2.05) is 6.92 Å². The van der Waals surface area contributed by atoms with E-state index in [4.69, 9.17) is 9.47 Å². The van der Waals surface area contributed by atoms with Gasteiger partial charge < -0.3 is 9.47 Å². The number of esters is 2. The van der Waals surface area contributed by atoms with Crippen LogP contribution in [-0.2, 0) is 32.2 Å². The molecule has 5 heteroatoms. The van der Waals surface area contributed by atoms with Crippen LogP contribution in [0.5, 0.6) is 0 Å². The average molecular weight is 466 g/mol. The van der Waals surface area contributed by atoms with Gasteiger partial charge in [-0.05, 0) is 62.0 Å². The normalized spacial score (nSPS) is 18.9. The number of hydrogen-bond acceptors (Lipinski definition) is 5. The molecule has 1 aliphatic carbocycles. The van der Waals surface area contributed by atoms with Crippen molar-refractivity contribution in [2.75, 3.05) is 19.8 Å². The smallest absolute Gasteiger partial charge is 0.320 e.